The summed E-state index contributed by atoms with van der Waals surface area (Å²) in [7, 11) is 0. The molecule has 12 N–H and O–H groups in total. The molecule has 0 aromatic carbocycles. The fraction of sp³-hybridized carbons (Fsp3) is 0.845. The molecule has 3 aliphatic rings. The Labute approximate surface area is 541 Å². The van der Waals surface area contributed by atoms with Crippen molar-refractivity contribution in [1.29, 1.82) is 0 Å². The molecular weight excluding hydrogens is 1150 g/mol. The number of unbranched alkanes of at least 4 members (excludes halogenated alkanes) is 30. The highest BCUT2D eigenvalue weighted by atomic mass is 16.8. The number of carbonyl (C=O) groups is 1. The standard InChI is InChI=1S/C71H127NO18/c1-3-5-7-9-11-13-15-17-19-20-21-22-23-24-25-26-27-28-29-30-31-32-33-35-36-38-40-42-44-46-48-55(76)54(72-59(77)49-47-45-43-41-39-37-34-18-16-14-12-10-8-6-4-2)53-85-69-65(83)62(80)67(57(51-74)87-69)90-71-66(84)63(81)68(58(52-75)88-71)89-70-64(82)61(79)60(78)56(50-73)86-70/h12,14,18,32-34,38,40,46,48,54-58,60-71,73-76,78-84H,3-11,13,15-17,19-31,35-37,39,41-45,47,49-53H2,1-2H3,(H,72,77)/b14-12-,33-32+,34-18-,40-38+,48-46+. The lowest BCUT2D eigenvalue weighted by molar-refractivity contribution is -0.379. The number of aliphatic hydroxyl groups is 11. The van der Waals surface area contributed by atoms with E-state index >= 15 is 0 Å². The first kappa shape index (κ1) is 81.7. The zero-order chi connectivity index (χ0) is 65.4. The van der Waals surface area contributed by atoms with E-state index in [9.17, 15) is 61.0 Å². The van der Waals surface area contributed by atoms with Crippen LogP contribution in [0.2, 0.25) is 0 Å². The minimum atomic E-state index is -1.99. The molecule has 3 rings (SSSR count). The quantitative estimate of drug-likeness (QED) is 0.0199. The number of hydrogen-bond acceptors (Lipinski definition) is 18. The van der Waals surface area contributed by atoms with E-state index in [0.29, 0.717) is 12.8 Å². The van der Waals surface area contributed by atoms with Gasteiger partial charge in [0.2, 0.25) is 5.91 Å². The molecular formula is C71H127NO18. The second kappa shape index (κ2) is 52.7. The Morgan fingerprint density at radius 3 is 1.20 bits per heavy atom. The Bertz CT molecular complexity index is 1870. The number of carbonyl (C=O) groups excluding carboxylic acids is 1. The second-order valence-electron chi connectivity index (χ2n) is 25.3. The van der Waals surface area contributed by atoms with Gasteiger partial charge in [0.1, 0.15) is 73.2 Å². The number of aliphatic hydroxyl groups excluding tert-OH is 11. The van der Waals surface area contributed by atoms with Crippen LogP contribution in [0, 0.1) is 0 Å². The summed E-state index contributed by atoms with van der Waals surface area (Å²) in [6.07, 6.45) is 37.9. The first-order valence-corrected chi connectivity index (χ1v) is 35.5. The fourth-order valence-corrected chi connectivity index (χ4v) is 11.7. The van der Waals surface area contributed by atoms with Gasteiger partial charge in [-0.2, -0.15) is 0 Å². The lowest BCUT2D eigenvalue weighted by Crippen LogP contribution is -2.66. The lowest BCUT2D eigenvalue weighted by Gasteiger charge is -2.48. The van der Waals surface area contributed by atoms with Crippen LogP contribution >= 0.6 is 0 Å². The third-order valence-corrected chi connectivity index (χ3v) is 17.5. The zero-order valence-electron chi connectivity index (χ0n) is 55.4. The van der Waals surface area contributed by atoms with Crippen molar-refractivity contribution >= 4 is 5.91 Å². The molecule has 1 amide bonds. The van der Waals surface area contributed by atoms with E-state index in [1.165, 1.54) is 148 Å². The molecule has 524 valence electrons. The monoisotopic (exact) mass is 1280 g/mol. The topological polar surface area (TPSA) is 307 Å². The summed E-state index contributed by atoms with van der Waals surface area (Å²) in [4.78, 5) is 13.4. The molecule has 0 aromatic heterocycles. The predicted octanol–water partition coefficient (Wildman–Crippen LogP) is 9.55. The maximum absolute atomic E-state index is 13.4. The minimum Gasteiger partial charge on any atom is -0.394 e. The van der Waals surface area contributed by atoms with E-state index in [1.807, 2.05) is 6.08 Å². The first-order chi connectivity index (χ1) is 43.8. The summed E-state index contributed by atoms with van der Waals surface area (Å²) in [5.74, 6) is -0.304. The zero-order valence-corrected chi connectivity index (χ0v) is 55.4. The average Bonchev–Trinajstić information content (AvgIpc) is 0.866. The molecule has 19 heteroatoms. The van der Waals surface area contributed by atoms with Gasteiger partial charge in [0.05, 0.1) is 38.6 Å². The van der Waals surface area contributed by atoms with Crippen LogP contribution in [0.4, 0.5) is 0 Å². The Morgan fingerprint density at radius 1 is 0.400 bits per heavy atom. The second-order valence-corrected chi connectivity index (χ2v) is 25.3. The largest absolute Gasteiger partial charge is 0.394 e. The molecule has 0 aliphatic carbocycles. The summed E-state index contributed by atoms with van der Waals surface area (Å²) in [5, 5.41) is 120. The van der Waals surface area contributed by atoms with Gasteiger partial charge in [-0.3, -0.25) is 4.79 Å². The molecule has 0 bridgehead atoms. The molecule has 3 fully saturated rings. The SMILES string of the molecule is CCCCC/C=C\C/C=C\CCCCCCCC(=O)NC(COC1OC(CO)C(OC2OC(CO)C(OC3OC(CO)C(O)C(O)C3O)C(O)C2O)C(O)C1O)C(O)/C=C/CC/C=C/CC/C=C/CCCCCCCCCCCCCCCCCCCCCC. The van der Waals surface area contributed by atoms with Gasteiger partial charge in [-0.25, -0.2) is 0 Å². The molecule has 3 heterocycles. The average molecular weight is 1280 g/mol. The van der Waals surface area contributed by atoms with Crippen LogP contribution in [-0.2, 0) is 33.2 Å². The van der Waals surface area contributed by atoms with Crippen LogP contribution in [0.25, 0.3) is 0 Å². The van der Waals surface area contributed by atoms with Crippen molar-refractivity contribution in [2.45, 2.75) is 356 Å². The number of ether oxygens (including phenoxy) is 6. The van der Waals surface area contributed by atoms with Gasteiger partial charge < -0.3 is 89.9 Å². The van der Waals surface area contributed by atoms with Crippen molar-refractivity contribution in [1.82, 2.24) is 5.32 Å². The van der Waals surface area contributed by atoms with Gasteiger partial charge in [0, 0.05) is 6.42 Å². The molecule has 19 nitrogen and oxygen atoms in total. The molecule has 0 spiro atoms. The van der Waals surface area contributed by atoms with Crippen molar-refractivity contribution < 1.29 is 89.4 Å². The maximum Gasteiger partial charge on any atom is 0.220 e. The summed E-state index contributed by atoms with van der Waals surface area (Å²) in [6, 6.07) is -1.01. The van der Waals surface area contributed by atoms with Crippen LogP contribution in [0.3, 0.4) is 0 Å². The van der Waals surface area contributed by atoms with E-state index in [2.05, 4.69) is 67.8 Å². The number of allylic oxidation sites excluding steroid dienone is 9. The Kier molecular flexibility index (Phi) is 47.9. The van der Waals surface area contributed by atoms with E-state index < -0.39 is 124 Å². The molecule has 0 saturated carbocycles. The molecule has 0 radical (unpaired) electrons. The van der Waals surface area contributed by atoms with Crippen LogP contribution in [-0.4, -0.2) is 193 Å². The van der Waals surface area contributed by atoms with Crippen LogP contribution in [0.5, 0.6) is 0 Å². The summed E-state index contributed by atoms with van der Waals surface area (Å²) >= 11 is 0. The van der Waals surface area contributed by atoms with Gasteiger partial charge in [-0.1, -0.05) is 229 Å². The van der Waals surface area contributed by atoms with Crippen LogP contribution < -0.4 is 5.32 Å². The third-order valence-electron chi connectivity index (χ3n) is 17.5. The van der Waals surface area contributed by atoms with Gasteiger partial charge >= 0.3 is 0 Å². The van der Waals surface area contributed by atoms with Crippen LogP contribution in [0.1, 0.15) is 251 Å². The third kappa shape index (κ3) is 34.2. The summed E-state index contributed by atoms with van der Waals surface area (Å²) in [6.45, 7) is 1.67. The summed E-state index contributed by atoms with van der Waals surface area (Å²) < 4.78 is 34.3. The highest BCUT2D eigenvalue weighted by Gasteiger charge is 2.53. The minimum absolute atomic E-state index is 0.214. The van der Waals surface area contributed by atoms with Crippen molar-refractivity contribution in [2.24, 2.45) is 0 Å². The van der Waals surface area contributed by atoms with Crippen molar-refractivity contribution in [3.63, 3.8) is 0 Å². The van der Waals surface area contributed by atoms with Crippen LogP contribution in [0.15, 0.2) is 60.8 Å². The summed E-state index contributed by atoms with van der Waals surface area (Å²) in [5.41, 5.74) is 0. The van der Waals surface area contributed by atoms with Gasteiger partial charge in [-0.15, -0.1) is 0 Å². The van der Waals surface area contributed by atoms with Crippen molar-refractivity contribution in [2.75, 3.05) is 26.4 Å². The van der Waals surface area contributed by atoms with E-state index in [4.69, 9.17) is 28.4 Å². The highest BCUT2D eigenvalue weighted by Crippen LogP contribution is 2.33. The normalized spacial score (nSPS) is 28.4. The fourth-order valence-electron chi connectivity index (χ4n) is 11.7. The molecule has 3 saturated heterocycles. The van der Waals surface area contributed by atoms with Crippen molar-refractivity contribution in [3.05, 3.63) is 60.8 Å². The van der Waals surface area contributed by atoms with Gasteiger partial charge in [-0.05, 0) is 77.0 Å². The number of amides is 1. The van der Waals surface area contributed by atoms with E-state index in [-0.39, 0.29) is 18.9 Å². The van der Waals surface area contributed by atoms with Crippen molar-refractivity contribution in [3.8, 4) is 0 Å². The Morgan fingerprint density at radius 2 is 0.744 bits per heavy atom. The molecule has 17 atom stereocenters. The maximum atomic E-state index is 13.4. The Balaban J connectivity index is 1.43. The van der Waals surface area contributed by atoms with Gasteiger partial charge in [0.15, 0.2) is 18.9 Å². The number of hydrogen-bond donors (Lipinski definition) is 12. The first-order valence-electron chi connectivity index (χ1n) is 35.5. The Hall–Kier alpha value is -2.51. The number of rotatable bonds is 54. The van der Waals surface area contributed by atoms with E-state index in [0.717, 1.165) is 70.6 Å². The highest BCUT2D eigenvalue weighted by molar-refractivity contribution is 5.76. The lowest BCUT2D eigenvalue weighted by atomic mass is 9.96. The van der Waals surface area contributed by atoms with E-state index in [1.54, 1.807) is 6.08 Å². The smallest absolute Gasteiger partial charge is 0.220 e. The van der Waals surface area contributed by atoms with Gasteiger partial charge in [0.25, 0.3) is 0 Å². The molecule has 0 aromatic rings. The predicted molar refractivity (Wildman–Crippen MR) is 351 cm³/mol. The molecule has 17 unspecified atom stereocenters. The number of nitrogens with one attached hydrogen (secondary N) is 1. The molecule has 3 aliphatic heterocycles. The molecule has 90 heavy (non-hydrogen) atoms.